The Morgan fingerprint density at radius 2 is 2.06 bits per heavy atom. The van der Waals surface area contributed by atoms with Gasteiger partial charge in [0, 0.05) is 24.9 Å². The van der Waals surface area contributed by atoms with E-state index in [2.05, 4.69) is 5.32 Å². The van der Waals surface area contributed by atoms with Gasteiger partial charge in [-0.15, -0.1) is 11.6 Å². The van der Waals surface area contributed by atoms with Crippen LogP contribution in [0.4, 0.5) is 0 Å². The summed E-state index contributed by atoms with van der Waals surface area (Å²) in [4.78, 5) is 11.9. The van der Waals surface area contributed by atoms with Crippen molar-refractivity contribution in [3.8, 4) is 0 Å². The van der Waals surface area contributed by atoms with E-state index >= 15 is 0 Å². The highest BCUT2D eigenvalue weighted by atomic mass is 35.5. The number of hydrogen-bond acceptors (Lipinski definition) is 2. The quantitative estimate of drug-likeness (QED) is 0.783. The second-order valence-corrected chi connectivity index (χ2v) is 5.86. The lowest BCUT2D eigenvalue weighted by atomic mass is 9.85. The van der Waals surface area contributed by atoms with Gasteiger partial charge in [-0.25, -0.2) is 0 Å². The van der Waals surface area contributed by atoms with Crippen molar-refractivity contribution in [2.75, 3.05) is 12.5 Å². The van der Waals surface area contributed by atoms with Crippen LogP contribution >= 0.6 is 11.6 Å². The Morgan fingerprint density at radius 1 is 1.22 bits per heavy atom. The first kappa shape index (κ1) is 14.1. The lowest BCUT2D eigenvalue weighted by Gasteiger charge is -2.30. The van der Waals surface area contributed by atoms with E-state index in [9.17, 15) is 4.79 Å². The van der Waals surface area contributed by atoms with Crippen LogP contribution in [0.25, 0.3) is 0 Å². The lowest BCUT2D eigenvalue weighted by Crippen LogP contribution is -2.42. The van der Waals surface area contributed by atoms with E-state index in [0.717, 1.165) is 38.7 Å². The first-order valence-electron chi connectivity index (χ1n) is 7.26. The fraction of sp³-hybridized carbons (Fsp3) is 0.929. The molecular weight excluding hydrogens is 250 g/mol. The number of hydrogen-bond donors (Lipinski definition) is 1. The summed E-state index contributed by atoms with van der Waals surface area (Å²) >= 11 is 5.97. The van der Waals surface area contributed by atoms with Crippen molar-refractivity contribution < 1.29 is 9.53 Å². The molecule has 2 rings (SSSR count). The van der Waals surface area contributed by atoms with Crippen molar-refractivity contribution in [1.82, 2.24) is 5.32 Å². The molecule has 3 atom stereocenters. The number of halogens is 1. The third kappa shape index (κ3) is 4.13. The Morgan fingerprint density at radius 3 is 2.78 bits per heavy atom. The summed E-state index contributed by atoms with van der Waals surface area (Å²) < 4.78 is 5.53. The molecule has 1 amide bonds. The second kappa shape index (κ2) is 7.34. The third-order valence-corrected chi connectivity index (χ3v) is 4.57. The summed E-state index contributed by atoms with van der Waals surface area (Å²) in [5.74, 6) is 1.30. The number of carbonyl (C=O) groups excluding carboxylic acids is 1. The van der Waals surface area contributed by atoms with Crippen LogP contribution in [-0.2, 0) is 9.53 Å². The van der Waals surface area contributed by atoms with Crippen molar-refractivity contribution in [3.05, 3.63) is 0 Å². The molecule has 1 heterocycles. The van der Waals surface area contributed by atoms with Crippen LogP contribution in [0.5, 0.6) is 0 Å². The summed E-state index contributed by atoms with van der Waals surface area (Å²) in [5, 5.41) is 3.16. The lowest BCUT2D eigenvalue weighted by molar-refractivity contribution is -0.123. The number of nitrogens with one attached hydrogen (secondary N) is 1. The van der Waals surface area contributed by atoms with Gasteiger partial charge < -0.3 is 10.1 Å². The van der Waals surface area contributed by atoms with Crippen molar-refractivity contribution in [2.24, 2.45) is 5.92 Å². The Labute approximate surface area is 115 Å². The summed E-state index contributed by atoms with van der Waals surface area (Å²) in [6.07, 6.45) is 8.73. The minimum absolute atomic E-state index is 0.174. The Balaban J connectivity index is 1.68. The highest BCUT2D eigenvalue weighted by Gasteiger charge is 2.26. The van der Waals surface area contributed by atoms with Crippen molar-refractivity contribution in [2.45, 2.75) is 63.5 Å². The molecule has 0 aromatic rings. The van der Waals surface area contributed by atoms with Crippen LogP contribution in [0.3, 0.4) is 0 Å². The van der Waals surface area contributed by atoms with Gasteiger partial charge in [-0.3, -0.25) is 4.79 Å². The topological polar surface area (TPSA) is 38.3 Å². The SMILES string of the molecule is O=C(CCC1CCCO1)NC1CCCCC1CCl. The molecule has 0 bridgehead atoms. The van der Waals surface area contributed by atoms with E-state index < -0.39 is 0 Å². The molecule has 0 aromatic heterocycles. The Hall–Kier alpha value is -0.280. The van der Waals surface area contributed by atoms with Crippen molar-refractivity contribution in [1.29, 1.82) is 0 Å². The van der Waals surface area contributed by atoms with E-state index in [1.807, 2.05) is 0 Å². The maximum atomic E-state index is 11.9. The van der Waals surface area contributed by atoms with E-state index in [-0.39, 0.29) is 5.91 Å². The standard InChI is InChI=1S/C14H24ClNO2/c15-10-11-4-1-2-6-13(11)16-14(17)8-7-12-5-3-9-18-12/h11-13H,1-10H2,(H,16,17). The second-order valence-electron chi connectivity index (χ2n) is 5.55. The van der Waals surface area contributed by atoms with Crippen LogP contribution in [-0.4, -0.2) is 30.5 Å². The smallest absolute Gasteiger partial charge is 0.220 e. The molecular formula is C14H24ClNO2. The van der Waals surface area contributed by atoms with E-state index in [4.69, 9.17) is 16.3 Å². The molecule has 2 fully saturated rings. The van der Waals surface area contributed by atoms with Gasteiger partial charge in [0.05, 0.1) is 6.10 Å². The molecule has 1 saturated carbocycles. The molecule has 3 unspecified atom stereocenters. The van der Waals surface area contributed by atoms with Crippen LogP contribution in [0.15, 0.2) is 0 Å². The number of rotatable bonds is 5. The van der Waals surface area contributed by atoms with Gasteiger partial charge in [0.2, 0.25) is 5.91 Å². The maximum absolute atomic E-state index is 11.9. The molecule has 3 nitrogen and oxygen atoms in total. The van der Waals surface area contributed by atoms with Crippen molar-refractivity contribution in [3.63, 3.8) is 0 Å². The molecule has 1 aliphatic carbocycles. The maximum Gasteiger partial charge on any atom is 0.220 e. The zero-order valence-corrected chi connectivity index (χ0v) is 11.8. The normalized spacial score (nSPS) is 32.4. The molecule has 18 heavy (non-hydrogen) atoms. The molecule has 1 aliphatic heterocycles. The zero-order valence-electron chi connectivity index (χ0n) is 11.0. The first-order valence-corrected chi connectivity index (χ1v) is 7.80. The highest BCUT2D eigenvalue weighted by molar-refractivity contribution is 6.18. The monoisotopic (exact) mass is 273 g/mol. The first-order chi connectivity index (χ1) is 8.79. The van der Waals surface area contributed by atoms with Crippen LogP contribution in [0.2, 0.25) is 0 Å². The molecule has 1 saturated heterocycles. The molecule has 0 spiro atoms. The molecule has 2 aliphatic rings. The molecule has 0 radical (unpaired) electrons. The van der Waals surface area contributed by atoms with Crippen LogP contribution < -0.4 is 5.32 Å². The molecule has 0 aromatic carbocycles. The average Bonchev–Trinajstić information content (AvgIpc) is 2.90. The summed E-state index contributed by atoms with van der Waals surface area (Å²) in [7, 11) is 0. The molecule has 4 heteroatoms. The van der Waals surface area contributed by atoms with Gasteiger partial charge >= 0.3 is 0 Å². The Bertz CT molecular complexity index is 267. The van der Waals surface area contributed by atoms with Crippen LogP contribution in [0.1, 0.15) is 51.4 Å². The fourth-order valence-corrected chi connectivity index (χ4v) is 3.39. The van der Waals surface area contributed by atoms with Gasteiger partial charge in [0.15, 0.2) is 0 Å². The predicted octanol–water partition coefficient (Wildman–Crippen LogP) is 2.86. The van der Waals surface area contributed by atoms with Gasteiger partial charge in [0.25, 0.3) is 0 Å². The minimum Gasteiger partial charge on any atom is -0.378 e. The largest absolute Gasteiger partial charge is 0.378 e. The van der Waals surface area contributed by atoms with Crippen LogP contribution in [0, 0.1) is 5.92 Å². The summed E-state index contributed by atoms with van der Waals surface area (Å²) in [6, 6.07) is 0.299. The van der Waals surface area contributed by atoms with Gasteiger partial charge in [0.1, 0.15) is 0 Å². The Kier molecular flexibility index (Phi) is 5.77. The number of ether oxygens (including phenoxy) is 1. The predicted molar refractivity (Wildman–Crippen MR) is 72.8 cm³/mol. The number of amides is 1. The molecule has 104 valence electrons. The fourth-order valence-electron chi connectivity index (χ4n) is 3.03. The third-order valence-electron chi connectivity index (χ3n) is 4.17. The minimum atomic E-state index is 0.174. The molecule has 1 N–H and O–H groups in total. The van der Waals surface area contributed by atoms with E-state index in [1.165, 1.54) is 12.8 Å². The summed E-state index contributed by atoms with van der Waals surface area (Å²) in [6.45, 7) is 0.864. The van der Waals surface area contributed by atoms with Gasteiger partial charge in [-0.05, 0) is 38.0 Å². The highest BCUT2D eigenvalue weighted by Crippen LogP contribution is 2.25. The number of carbonyl (C=O) groups is 1. The van der Waals surface area contributed by atoms with Gasteiger partial charge in [-0.1, -0.05) is 12.8 Å². The van der Waals surface area contributed by atoms with Crippen molar-refractivity contribution >= 4 is 17.5 Å². The zero-order chi connectivity index (χ0) is 12.8. The van der Waals surface area contributed by atoms with Gasteiger partial charge in [-0.2, -0.15) is 0 Å². The summed E-state index contributed by atoms with van der Waals surface area (Å²) in [5.41, 5.74) is 0. The van der Waals surface area contributed by atoms with E-state index in [0.29, 0.717) is 30.4 Å². The average molecular weight is 274 g/mol. The van der Waals surface area contributed by atoms with E-state index in [1.54, 1.807) is 0 Å². The number of alkyl halides is 1.